The standard InChI is InChI=1S/C23H23N3O6/c1-5-22(29)32-23-16(24-13(2)27)7-6-8-17(23)25-21-10-9-15-11-19(30-4)20(31-14(3)28)12-18(15)26-21/h6-12H,5H2,1-4H3,(H,24,27)(H,25,26). The van der Waals surface area contributed by atoms with Crippen molar-refractivity contribution in [2.75, 3.05) is 17.7 Å². The fourth-order valence-electron chi connectivity index (χ4n) is 2.95. The Labute approximate surface area is 184 Å². The third-order valence-electron chi connectivity index (χ3n) is 4.32. The van der Waals surface area contributed by atoms with Crippen LogP contribution in [-0.2, 0) is 14.4 Å². The van der Waals surface area contributed by atoms with Gasteiger partial charge in [-0.3, -0.25) is 14.4 Å². The summed E-state index contributed by atoms with van der Waals surface area (Å²) in [5.74, 6) is 0.0719. The zero-order valence-corrected chi connectivity index (χ0v) is 18.1. The van der Waals surface area contributed by atoms with Crippen molar-refractivity contribution in [3.05, 3.63) is 42.5 Å². The molecule has 0 aliphatic rings. The number of hydrogen-bond donors (Lipinski definition) is 2. The van der Waals surface area contributed by atoms with Crippen LogP contribution >= 0.6 is 0 Å². The van der Waals surface area contributed by atoms with E-state index >= 15 is 0 Å². The number of amides is 1. The quantitative estimate of drug-likeness (QED) is 0.418. The van der Waals surface area contributed by atoms with Gasteiger partial charge in [-0.2, -0.15) is 0 Å². The van der Waals surface area contributed by atoms with E-state index in [1.165, 1.54) is 21.0 Å². The minimum absolute atomic E-state index is 0.169. The molecular weight excluding hydrogens is 414 g/mol. The molecule has 3 rings (SSSR count). The number of carbonyl (C=O) groups is 3. The number of esters is 2. The maximum atomic E-state index is 12.0. The highest BCUT2D eigenvalue weighted by Gasteiger charge is 2.16. The largest absolute Gasteiger partial charge is 0.493 e. The van der Waals surface area contributed by atoms with Gasteiger partial charge >= 0.3 is 11.9 Å². The molecule has 0 aliphatic carbocycles. The van der Waals surface area contributed by atoms with Gasteiger partial charge < -0.3 is 24.8 Å². The molecule has 9 nitrogen and oxygen atoms in total. The number of rotatable bonds is 7. The fourth-order valence-corrected chi connectivity index (χ4v) is 2.95. The van der Waals surface area contributed by atoms with Crippen LogP contribution in [0.2, 0.25) is 0 Å². The smallest absolute Gasteiger partial charge is 0.311 e. The number of methoxy groups -OCH3 is 1. The van der Waals surface area contributed by atoms with E-state index in [4.69, 9.17) is 14.2 Å². The predicted molar refractivity (Wildman–Crippen MR) is 120 cm³/mol. The summed E-state index contributed by atoms with van der Waals surface area (Å²) in [5.41, 5.74) is 1.35. The van der Waals surface area contributed by atoms with Gasteiger partial charge in [-0.1, -0.05) is 13.0 Å². The summed E-state index contributed by atoms with van der Waals surface area (Å²) in [4.78, 5) is 39.5. The molecule has 32 heavy (non-hydrogen) atoms. The number of nitrogens with one attached hydrogen (secondary N) is 2. The van der Waals surface area contributed by atoms with Crippen LogP contribution in [-0.4, -0.2) is 29.9 Å². The second-order valence-corrected chi connectivity index (χ2v) is 6.80. The van der Waals surface area contributed by atoms with Gasteiger partial charge in [0.05, 0.1) is 24.0 Å². The highest BCUT2D eigenvalue weighted by Crippen LogP contribution is 2.37. The van der Waals surface area contributed by atoms with Crippen molar-refractivity contribution in [3.63, 3.8) is 0 Å². The van der Waals surface area contributed by atoms with E-state index in [1.54, 1.807) is 43.3 Å². The van der Waals surface area contributed by atoms with Gasteiger partial charge in [0.15, 0.2) is 17.2 Å². The second kappa shape index (κ2) is 9.78. The zero-order chi connectivity index (χ0) is 23.3. The average molecular weight is 437 g/mol. The molecule has 0 fully saturated rings. The third-order valence-corrected chi connectivity index (χ3v) is 4.32. The number of hydrogen-bond acceptors (Lipinski definition) is 8. The Morgan fingerprint density at radius 2 is 1.72 bits per heavy atom. The Kier molecular flexibility index (Phi) is 6.89. The number of carbonyl (C=O) groups excluding carboxylic acids is 3. The van der Waals surface area contributed by atoms with E-state index in [2.05, 4.69) is 15.6 Å². The van der Waals surface area contributed by atoms with Gasteiger partial charge in [0.1, 0.15) is 5.82 Å². The summed E-state index contributed by atoms with van der Waals surface area (Å²) in [6.07, 6.45) is 0.169. The van der Waals surface area contributed by atoms with Crippen LogP contribution in [0.3, 0.4) is 0 Å². The number of para-hydroxylation sites is 1. The molecule has 1 amide bonds. The average Bonchev–Trinajstić information content (AvgIpc) is 2.74. The highest BCUT2D eigenvalue weighted by atomic mass is 16.6. The van der Waals surface area contributed by atoms with E-state index in [9.17, 15) is 14.4 Å². The summed E-state index contributed by atoms with van der Waals surface area (Å²) >= 11 is 0. The van der Waals surface area contributed by atoms with Crippen LogP contribution in [0.15, 0.2) is 42.5 Å². The zero-order valence-electron chi connectivity index (χ0n) is 18.1. The molecule has 2 N–H and O–H groups in total. The lowest BCUT2D eigenvalue weighted by molar-refractivity contribution is -0.134. The molecule has 0 radical (unpaired) electrons. The number of nitrogens with zero attached hydrogens (tertiary/aromatic N) is 1. The minimum Gasteiger partial charge on any atom is -0.493 e. The highest BCUT2D eigenvalue weighted by molar-refractivity contribution is 5.94. The number of ether oxygens (including phenoxy) is 3. The first-order valence-electron chi connectivity index (χ1n) is 9.86. The van der Waals surface area contributed by atoms with Gasteiger partial charge in [-0.15, -0.1) is 0 Å². The summed E-state index contributed by atoms with van der Waals surface area (Å²) in [6, 6.07) is 11.9. The van der Waals surface area contributed by atoms with Gasteiger partial charge in [-0.25, -0.2) is 4.98 Å². The lowest BCUT2D eigenvalue weighted by Crippen LogP contribution is -2.12. The maximum Gasteiger partial charge on any atom is 0.311 e. The van der Waals surface area contributed by atoms with Crippen LogP contribution in [0.1, 0.15) is 27.2 Å². The molecule has 0 bridgehead atoms. The summed E-state index contributed by atoms with van der Waals surface area (Å²) in [5, 5.41) is 6.55. The van der Waals surface area contributed by atoms with Crippen molar-refractivity contribution in [2.24, 2.45) is 0 Å². The molecule has 0 unspecified atom stereocenters. The number of aromatic nitrogens is 1. The molecule has 9 heteroatoms. The number of pyridine rings is 1. The van der Waals surface area contributed by atoms with Gasteiger partial charge in [0.25, 0.3) is 0 Å². The molecule has 0 aliphatic heterocycles. The van der Waals surface area contributed by atoms with Gasteiger partial charge in [-0.05, 0) is 30.3 Å². The molecule has 1 aromatic heterocycles. The Hall–Kier alpha value is -4.14. The lowest BCUT2D eigenvalue weighted by atomic mass is 10.2. The number of fused-ring (bicyclic) bond motifs is 1. The first-order valence-corrected chi connectivity index (χ1v) is 9.86. The molecule has 166 valence electrons. The topological polar surface area (TPSA) is 116 Å². The molecule has 0 atom stereocenters. The first kappa shape index (κ1) is 22.5. The van der Waals surface area contributed by atoms with Crippen LogP contribution < -0.4 is 24.8 Å². The summed E-state index contributed by atoms with van der Waals surface area (Å²) < 4.78 is 16.0. The normalized spacial score (nSPS) is 10.4. The molecule has 0 spiro atoms. The Balaban J connectivity index is 2.01. The Bertz CT molecular complexity index is 1190. The number of benzene rings is 2. The van der Waals surface area contributed by atoms with Crippen molar-refractivity contribution in [2.45, 2.75) is 27.2 Å². The molecule has 2 aromatic carbocycles. The predicted octanol–water partition coefficient (Wildman–Crippen LogP) is 4.19. The van der Waals surface area contributed by atoms with Crippen LogP contribution in [0.25, 0.3) is 10.9 Å². The van der Waals surface area contributed by atoms with E-state index in [0.717, 1.165) is 5.39 Å². The third kappa shape index (κ3) is 5.31. The molecule has 3 aromatic rings. The summed E-state index contributed by atoms with van der Waals surface area (Å²) in [6.45, 7) is 4.35. The SMILES string of the molecule is CCC(=O)Oc1c(NC(C)=O)cccc1Nc1ccc2cc(OC)c(OC(C)=O)cc2n1. The van der Waals surface area contributed by atoms with E-state index in [-0.39, 0.29) is 23.8 Å². The molecular formula is C23H23N3O6. The van der Waals surface area contributed by atoms with Crippen LogP contribution in [0.4, 0.5) is 17.2 Å². The minimum atomic E-state index is -0.478. The lowest BCUT2D eigenvalue weighted by Gasteiger charge is -2.16. The monoisotopic (exact) mass is 437 g/mol. The molecule has 0 saturated heterocycles. The van der Waals surface area contributed by atoms with Crippen molar-refractivity contribution in [1.29, 1.82) is 0 Å². The van der Waals surface area contributed by atoms with E-state index < -0.39 is 11.9 Å². The van der Waals surface area contributed by atoms with Crippen LogP contribution in [0, 0.1) is 0 Å². The van der Waals surface area contributed by atoms with E-state index in [1.807, 2.05) is 6.07 Å². The Morgan fingerprint density at radius 1 is 0.969 bits per heavy atom. The number of anilines is 3. The van der Waals surface area contributed by atoms with Crippen LogP contribution in [0.5, 0.6) is 17.2 Å². The fraction of sp³-hybridized carbons (Fsp3) is 0.217. The van der Waals surface area contributed by atoms with Crippen molar-refractivity contribution in [3.8, 4) is 17.2 Å². The van der Waals surface area contributed by atoms with E-state index in [0.29, 0.717) is 28.5 Å². The van der Waals surface area contributed by atoms with Gasteiger partial charge in [0.2, 0.25) is 5.91 Å². The first-order chi connectivity index (χ1) is 15.3. The molecule has 0 saturated carbocycles. The van der Waals surface area contributed by atoms with Crippen molar-refractivity contribution in [1.82, 2.24) is 4.98 Å². The van der Waals surface area contributed by atoms with Crippen molar-refractivity contribution < 1.29 is 28.6 Å². The van der Waals surface area contributed by atoms with Crippen molar-refractivity contribution >= 4 is 45.9 Å². The Morgan fingerprint density at radius 3 is 2.38 bits per heavy atom. The van der Waals surface area contributed by atoms with Gasteiger partial charge in [0, 0.05) is 31.7 Å². The molecule has 1 heterocycles. The maximum absolute atomic E-state index is 12.0. The summed E-state index contributed by atoms with van der Waals surface area (Å²) in [7, 11) is 1.48. The second-order valence-electron chi connectivity index (χ2n) is 6.80.